The maximum atomic E-state index is 14.8. The van der Waals surface area contributed by atoms with Gasteiger partial charge in [-0.3, -0.25) is 0 Å². The van der Waals surface area contributed by atoms with E-state index in [0.717, 1.165) is 49.7 Å². The first-order valence-electron chi connectivity index (χ1n) is 12.9. The minimum Gasteiger partial charge on any atom is -0.493 e. The van der Waals surface area contributed by atoms with Crippen molar-refractivity contribution in [2.75, 3.05) is 6.61 Å². The lowest BCUT2D eigenvalue weighted by Crippen LogP contribution is -2.13. The maximum absolute atomic E-state index is 14.8. The summed E-state index contributed by atoms with van der Waals surface area (Å²) in [6.45, 7) is 4.88. The number of rotatable bonds is 9. The molecule has 3 aromatic rings. The van der Waals surface area contributed by atoms with Gasteiger partial charge < -0.3 is 4.74 Å². The topological polar surface area (TPSA) is 9.23 Å². The first kappa shape index (κ1) is 25.3. The average Bonchev–Trinajstić information content (AvgIpc) is 2.86. The third-order valence-electron chi connectivity index (χ3n) is 7.30. The molecule has 0 radical (unpaired) electrons. The van der Waals surface area contributed by atoms with Gasteiger partial charge in [0.25, 0.3) is 0 Å². The van der Waals surface area contributed by atoms with Crippen LogP contribution in [0.2, 0.25) is 0 Å². The number of unbranched alkanes of at least 4 members (excludes halogenated alkanes) is 1. The Balaban J connectivity index is 1.38. The van der Waals surface area contributed by atoms with Crippen LogP contribution >= 0.6 is 0 Å². The first-order chi connectivity index (χ1) is 17.0. The quantitative estimate of drug-likeness (QED) is 0.278. The van der Waals surface area contributed by atoms with Gasteiger partial charge in [-0.2, -0.15) is 0 Å². The number of halogens is 3. The molecule has 35 heavy (non-hydrogen) atoms. The normalized spacial score (nSPS) is 18.0. The lowest BCUT2D eigenvalue weighted by atomic mass is 9.79. The lowest BCUT2D eigenvalue weighted by Gasteiger charge is -2.27. The number of aryl methyl sites for hydroxylation is 2. The molecule has 4 heteroatoms. The largest absolute Gasteiger partial charge is 0.493 e. The van der Waals surface area contributed by atoms with Crippen LogP contribution in [0.15, 0.2) is 54.6 Å². The van der Waals surface area contributed by atoms with E-state index in [0.29, 0.717) is 47.8 Å². The van der Waals surface area contributed by atoms with Crippen molar-refractivity contribution in [3.63, 3.8) is 0 Å². The molecule has 0 aliphatic heterocycles. The van der Waals surface area contributed by atoms with Gasteiger partial charge in [0, 0.05) is 11.6 Å². The summed E-state index contributed by atoms with van der Waals surface area (Å²) in [5.41, 5.74) is 3.23. The summed E-state index contributed by atoms with van der Waals surface area (Å²) in [7, 11) is 0. The van der Waals surface area contributed by atoms with Crippen molar-refractivity contribution in [3.8, 4) is 16.9 Å². The number of hydrogen-bond donors (Lipinski definition) is 0. The Bertz CT molecular complexity index is 1110. The van der Waals surface area contributed by atoms with E-state index in [2.05, 4.69) is 13.8 Å². The molecule has 0 spiro atoms. The first-order valence-corrected chi connectivity index (χ1v) is 12.9. The molecule has 1 saturated carbocycles. The predicted octanol–water partition coefficient (Wildman–Crippen LogP) is 9.03. The number of benzene rings is 3. The molecular formula is C31H35F3O. The molecule has 0 aromatic heterocycles. The minimum atomic E-state index is -0.707. The van der Waals surface area contributed by atoms with Crippen LogP contribution in [0.4, 0.5) is 13.2 Å². The Morgan fingerprint density at radius 3 is 2.26 bits per heavy atom. The molecule has 1 nitrogen and oxygen atoms in total. The van der Waals surface area contributed by atoms with Gasteiger partial charge in [0.2, 0.25) is 0 Å². The Morgan fingerprint density at radius 1 is 0.829 bits per heavy atom. The van der Waals surface area contributed by atoms with Gasteiger partial charge in [0.1, 0.15) is 11.6 Å². The maximum Gasteiger partial charge on any atom is 0.162 e. The van der Waals surface area contributed by atoms with Crippen molar-refractivity contribution < 1.29 is 17.9 Å². The average molecular weight is 481 g/mol. The molecule has 0 heterocycles. The van der Waals surface area contributed by atoms with E-state index in [1.54, 1.807) is 24.3 Å². The summed E-state index contributed by atoms with van der Waals surface area (Å²) in [6, 6.07) is 16.1. The predicted molar refractivity (Wildman–Crippen MR) is 136 cm³/mol. The van der Waals surface area contributed by atoms with E-state index >= 15 is 0 Å². The van der Waals surface area contributed by atoms with Gasteiger partial charge in [0.05, 0.1) is 6.61 Å². The standard InChI is InChI=1S/C31H35F3O/c1-3-4-19-35-26-16-18-27(29(32)20-26)23-12-7-22(8-13-23)9-14-25-15-17-28(31(34)30(25)33)24-10-5-21(2)6-11-24/h7-8,12-13,15-18,20-21,24H,3-6,9-11,14,19H2,1-2H3. The van der Waals surface area contributed by atoms with Crippen molar-refractivity contribution in [3.05, 3.63) is 88.7 Å². The van der Waals surface area contributed by atoms with Crippen LogP contribution in [-0.4, -0.2) is 6.61 Å². The second-order valence-corrected chi connectivity index (χ2v) is 9.94. The molecule has 186 valence electrons. The third-order valence-corrected chi connectivity index (χ3v) is 7.30. The molecule has 1 aliphatic carbocycles. The summed E-state index contributed by atoms with van der Waals surface area (Å²) in [4.78, 5) is 0. The highest BCUT2D eigenvalue weighted by atomic mass is 19.2. The van der Waals surface area contributed by atoms with E-state index in [1.165, 1.54) is 6.07 Å². The molecule has 0 N–H and O–H groups in total. The molecule has 0 amide bonds. The molecule has 0 unspecified atom stereocenters. The van der Waals surface area contributed by atoms with Crippen molar-refractivity contribution >= 4 is 0 Å². The highest BCUT2D eigenvalue weighted by molar-refractivity contribution is 5.65. The molecule has 0 atom stereocenters. The highest BCUT2D eigenvalue weighted by Gasteiger charge is 2.24. The molecular weight excluding hydrogens is 445 g/mol. The summed E-state index contributed by atoms with van der Waals surface area (Å²) < 4.78 is 49.9. The summed E-state index contributed by atoms with van der Waals surface area (Å²) in [5, 5.41) is 0. The SMILES string of the molecule is CCCCOc1ccc(-c2ccc(CCc3ccc(C4CCC(C)CC4)c(F)c3F)cc2)c(F)c1. The van der Waals surface area contributed by atoms with E-state index < -0.39 is 11.6 Å². The van der Waals surface area contributed by atoms with E-state index in [4.69, 9.17) is 4.74 Å². The van der Waals surface area contributed by atoms with Crippen LogP contribution in [0, 0.1) is 23.4 Å². The van der Waals surface area contributed by atoms with Crippen LogP contribution < -0.4 is 4.74 Å². The Labute approximate surface area is 207 Å². The second-order valence-electron chi connectivity index (χ2n) is 9.94. The van der Waals surface area contributed by atoms with E-state index in [-0.39, 0.29) is 11.7 Å². The van der Waals surface area contributed by atoms with Crippen molar-refractivity contribution in [2.24, 2.45) is 5.92 Å². The fourth-order valence-corrected chi connectivity index (χ4v) is 4.97. The summed E-state index contributed by atoms with van der Waals surface area (Å²) in [6.07, 6.45) is 6.97. The molecule has 1 aliphatic rings. The summed E-state index contributed by atoms with van der Waals surface area (Å²) >= 11 is 0. The van der Waals surface area contributed by atoms with Gasteiger partial charge in [-0.25, -0.2) is 13.2 Å². The molecule has 0 bridgehead atoms. The van der Waals surface area contributed by atoms with Gasteiger partial charge in [-0.1, -0.05) is 69.5 Å². The smallest absolute Gasteiger partial charge is 0.162 e. The van der Waals surface area contributed by atoms with E-state index in [1.807, 2.05) is 24.3 Å². The zero-order chi connectivity index (χ0) is 24.8. The zero-order valence-corrected chi connectivity index (χ0v) is 20.8. The van der Waals surface area contributed by atoms with E-state index in [9.17, 15) is 13.2 Å². The number of ether oxygens (including phenoxy) is 1. The zero-order valence-electron chi connectivity index (χ0n) is 20.8. The molecule has 1 fully saturated rings. The van der Waals surface area contributed by atoms with Crippen LogP contribution in [0.25, 0.3) is 11.1 Å². The third kappa shape index (κ3) is 6.28. The number of hydrogen-bond acceptors (Lipinski definition) is 1. The van der Waals surface area contributed by atoms with Crippen LogP contribution in [0.1, 0.15) is 75.0 Å². The van der Waals surface area contributed by atoms with Gasteiger partial charge in [-0.05, 0) is 78.3 Å². The Morgan fingerprint density at radius 2 is 1.57 bits per heavy atom. The Hall–Kier alpha value is -2.75. The van der Waals surface area contributed by atoms with Crippen molar-refractivity contribution in [1.29, 1.82) is 0 Å². The van der Waals surface area contributed by atoms with Crippen molar-refractivity contribution in [2.45, 2.75) is 71.1 Å². The van der Waals surface area contributed by atoms with Crippen LogP contribution in [-0.2, 0) is 12.8 Å². The van der Waals surface area contributed by atoms with Crippen molar-refractivity contribution in [1.82, 2.24) is 0 Å². The second kappa shape index (κ2) is 11.8. The Kier molecular flexibility index (Phi) is 8.54. The van der Waals surface area contributed by atoms with Gasteiger partial charge in [0.15, 0.2) is 11.6 Å². The van der Waals surface area contributed by atoms with Gasteiger partial charge >= 0.3 is 0 Å². The lowest BCUT2D eigenvalue weighted by molar-refractivity contribution is 0.308. The van der Waals surface area contributed by atoms with Crippen LogP contribution in [0.3, 0.4) is 0 Å². The molecule has 3 aromatic carbocycles. The molecule has 0 saturated heterocycles. The molecule has 4 rings (SSSR count). The van der Waals surface area contributed by atoms with Gasteiger partial charge in [-0.15, -0.1) is 0 Å². The highest BCUT2D eigenvalue weighted by Crippen LogP contribution is 2.37. The fraction of sp³-hybridized carbons (Fsp3) is 0.419. The van der Waals surface area contributed by atoms with Crippen LogP contribution in [0.5, 0.6) is 5.75 Å². The fourth-order valence-electron chi connectivity index (χ4n) is 4.97. The summed E-state index contributed by atoms with van der Waals surface area (Å²) in [5.74, 6) is -0.368. The monoisotopic (exact) mass is 480 g/mol. The minimum absolute atomic E-state index is 0.125.